The Kier molecular flexibility index (Phi) is 5.22. The fraction of sp³-hybridized carbons (Fsp3) is 0.333. The molecule has 0 unspecified atom stereocenters. The first-order valence-corrected chi connectivity index (χ1v) is 7.15. The van der Waals surface area contributed by atoms with Crippen molar-refractivity contribution in [3.63, 3.8) is 0 Å². The SMILES string of the molecule is CC(C)COc1cccc(CNc2ncnc(N)c2Cl)c1. The van der Waals surface area contributed by atoms with E-state index in [1.807, 2.05) is 24.3 Å². The molecule has 6 heteroatoms. The van der Waals surface area contributed by atoms with Crippen LogP contribution in [0.25, 0.3) is 0 Å². The number of rotatable bonds is 6. The Balaban J connectivity index is 2.00. The summed E-state index contributed by atoms with van der Waals surface area (Å²) in [4.78, 5) is 7.89. The molecular formula is C15H19ClN4O. The van der Waals surface area contributed by atoms with Gasteiger partial charge in [-0.05, 0) is 23.6 Å². The Morgan fingerprint density at radius 3 is 2.90 bits per heavy atom. The molecule has 2 aromatic rings. The van der Waals surface area contributed by atoms with Crippen molar-refractivity contribution in [2.75, 3.05) is 17.7 Å². The summed E-state index contributed by atoms with van der Waals surface area (Å²) in [6, 6.07) is 7.91. The van der Waals surface area contributed by atoms with Crippen molar-refractivity contribution in [2.24, 2.45) is 5.92 Å². The number of anilines is 2. The van der Waals surface area contributed by atoms with Gasteiger partial charge in [0.1, 0.15) is 22.9 Å². The third-order valence-corrected chi connectivity index (χ3v) is 3.13. The maximum Gasteiger partial charge on any atom is 0.150 e. The van der Waals surface area contributed by atoms with Crippen LogP contribution in [0.3, 0.4) is 0 Å². The maximum absolute atomic E-state index is 6.04. The summed E-state index contributed by atoms with van der Waals surface area (Å²) in [6.07, 6.45) is 1.38. The third kappa shape index (κ3) is 4.49. The molecule has 0 saturated carbocycles. The van der Waals surface area contributed by atoms with Gasteiger partial charge in [0.05, 0.1) is 6.61 Å². The second-order valence-corrected chi connectivity index (χ2v) is 5.51. The largest absolute Gasteiger partial charge is 0.493 e. The van der Waals surface area contributed by atoms with Crippen molar-refractivity contribution >= 4 is 23.2 Å². The molecular weight excluding hydrogens is 288 g/mol. The highest BCUT2D eigenvalue weighted by Gasteiger charge is 2.06. The topological polar surface area (TPSA) is 73.1 Å². The van der Waals surface area contributed by atoms with E-state index in [1.165, 1.54) is 6.33 Å². The normalized spacial score (nSPS) is 10.7. The molecule has 0 fully saturated rings. The number of nitrogens with one attached hydrogen (secondary N) is 1. The van der Waals surface area contributed by atoms with Gasteiger partial charge in [-0.3, -0.25) is 0 Å². The minimum atomic E-state index is 0.267. The van der Waals surface area contributed by atoms with Gasteiger partial charge >= 0.3 is 0 Å². The lowest BCUT2D eigenvalue weighted by molar-refractivity contribution is 0.271. The van der Waals surface area contributed by atoms with Gasteiger partial charge < -0.3 is 15.8 Å². The zero-order valence-electron chi connectivity index (χ0n) is 12.1. The molecule has 2 rings (SSSR count). The summed E-state index contributed by atoms with van der Waals surface area (Å²) in [5, 5.41) is 3.48. The fourth-order valence-electron chi connectivity index (χ4n) is 1.70. The quantitative estimate of drug-likeness (QED) is 0.856. The molecule has 0 saturated heterocycles. The lowest BCUT2D eigenvalue weighted by atomic mass is 10.2. The van der Waals surface area contributed by atoms with Crippen molar-refractivity contribution in [3.8, 4) is 5.75 Å². The molecule has 1 aromatic heterocycles. The van der Waals surface area contributed by atoms with E-state index in [-0.39, 0.29) is 5.82 Å². The lowest BCUT2D eigenvalue weighted by Crippen LogP contribution is -2.06. The van der Waals surface area contributed by atoms with E-state index in [1.54, 1.807) is 0 Å². The molecule has 1 heterocycles. The number of aromatic nitrogens is 2. The molecule has 0 atom stereocenters. The van der Waals surface area contributed by atoms with Crippen LogP contribution in [0.15, 0.2) is 30.6 Å². The number of nitrogens with two attached hydrogens (primary N) is 1. The molecule has 0 bridgehead atoms. The minimum absolute atomic E-state index is 0.267. The van der Waals surface area contributed by atoms with Crippen molar-refractivity contribution in [3.05, 3.63) is 41.2 Å². The number of nitrogens with zero attached hydrogens (tertiary/aromatic N) is 2. The highest BCUT2D eigenvalue weighted by Crippen LogP contribution is 2.24. The average molecular weight is 307 g/mol. The van der Waals surface area contributed by atoms with Crippen molar-refractivity contribution in [2.45, 2.75) is 20.4 Å². The van der Waals surface area contributed by atoms with E-state index < -0.39 is 0 Å². The number of hydrogen-bond donors (Lipinski definition) is 2. The smallest absolute Gasteiger partial charge is 0.150 e. The molecule has 5 nitrogen and oxygen atoms in total. The molecule has 0 amide bonds. The van der Waals surface area contributed by atoms with E-state index in [2.05, 4.69) is 29.1 Å². The van der Waals surface area contributed by atoms with Gasteiger partial charge in [0, 0.05) is 6.54 Å². The van der Waals surface area contributed by atoms with Gasteiger partial charge in [0.2, 0.25) is 0 Å². The lowest BCUT2D eigenvalue weighted by Gasteiger charge is -2.11. The predicted molar refractivity (Wildman–Crippen MR) is 85.6 cm³/mol. The first-order valence-electron chi connectivity index (χ1n) is 6.78. The zero-order valence-corrected chi connectivity index (χ0v) is 12.9. The summed E-state index contributed by atoms with van der Waals surface area (Å²) in [5.41, 5.74) is 6.71. The van der Waals surface area contributed by atoms with E-state index in [0.29, 0.717) is 29.9 Å². The highest BCUT2D eigenvalue weighted by molar-refractivity contribution is 6.35. The first kappa shape index (κ1) is 15.4. The van der Waals surface area contributed by atoms with Crippen LogP contribution in [0.2, 0.25) is 5.02 Å². The molecule has 0 aliphatic heterocycles. The van der Waals surface area contributed by atoms with Gasteiger partial charge in [0.25, 0.3) is 0 Å². The van der Waals surface area contributed by atoms with E-state index in [9.17, 15) is 0 Å². The Hall–Kier alpha value is -2.01. The van der Waals surface area contributed by atoms with Gasteiger partial charge in [-0.2, -0.15) is 0 Å². The van der Waals surface area contributed by atoms with E-state index in [0.717, 1.165) is 11.3 Å². The van der Waals surface area contributed by atoms with Crippen LogP contribution in [0.5, 0.6) is 5.75 Å². The molecule has 0 aliphatic rings. The summed E-state index contributed by atoms with van der Waals surface area (Å²) in [5.74, 6) is 2.15. The summed E-state index contributed by atoms with van der Waals surface area (Å²) in [7, 11) is 0. The van der Waals surface area contributed by atoms with Gasteiger partial charge in [0.15, 0.2) is 5.82 Å². The van der Waals surface area contributed by atoms with Crippen LogP contribution >= 0.6 is 11.6 Å². The number of nitrogen functional groups attached to an aromatic ring is 1. The minimum Gasteiger partial charge on any atom is -0.493 e. The highest BCUT2D eigenvalue weighted by atomic mass is 35.5. The van der Waals surface area contributed by atoms with Crippen LogP contribution in [-0.4, -0.2) is 16.6 Å². The Labute approximate surface area is 129 Å². The molecule has 1 aromatic carbocycles. The number of halogens is 1. The monoisotopic (exact) mass is 306 g/mol. The summed E-state index contributed by atoms with van der Waals surface area (Å²) < 4.78 is 5.70. The molecule has 0 radical (unpaired) electrons. The number of hydrogen-bond acceptors (Lipinski definition) is 5. The molecule has 0 aliphatic carbocycles. The average Bonchev–Trinajstić information content (AvgIpc) is 2.47. The van der Waals surface area contributed by atoms with E-state index in [4.69, 9.17) is 22.1 Å². The summed E-state index contributed by atoms with van der Waals surface area (Å²) in [6.45, 7) is 5.51. The molecule has 21 heavy (non-hydrogen) atoms. The number of benzene rings is 1. The molecule has 0 spiro atoms. The summed E-state index contributed by atoms with van der Waals surface area (Å²) >= 11 is 6.04. The fourth-order valence-corrected chi connectivity index (χ4v) is 1.87. The first-order chi connectivity index (χ1) is 10.1. The number of ether oxygens (including phenoxy) is 1. The Morgan fingerprint density at radius 1 is 1.33 bits per heavy atom. The van der Waals surface area contributed by atoms with Crippen LogP contribution in [0.1, 0.15) is 19.4 Å². The van der Waals surface area contributed by atoms with Gasteiger partial charge in [-0.1, -0.05) is 37.6 Å². The molecule has 112 valence electrons. The second kappa shape index (κ2) is 7.13. The van der Waals surface area contributed by atoms with Gasteiger partial charge in [-0.25, -0.2) is 9.97 Å². The maximum atomic E-state index is 6.04. The van der Waals surface area contributed by atoms with Crippen LogP contribution in [0, 0.1) is 5.92 Å². The van der Waals surface area contributed by atoms with Crippen LogP contribution in [0.4, 0.5) is 11.6 Å². The van der Waals surface area contributed by atoms with Crippen molar-refractivity contribution in [1.29, 1.82) is 0 Å². The predicted octanol–water partition coefficient (Wildman–Crippen LogP) is 3.36. The van der Waals surface area contributed by atoms with E-state index >= 15 is 0 Å². The van der Waals surface area contributed by atoms with Crippen LogP contribution < -0.4 is 15.8 Å². The van der Waals surface area contributed by atoms with Crippen LogP contribution in [-0.2, 0) is 6.54 Å². The molecule has 3 N–H and O–H groups in total. The second-order valence-electron chi connectivity index (χ2n) is 5.13. The van der Waals surface area contributed by atoms with Crippen molar-refractivity contribution in [1.82, 2.24) is 9.97 Å². The Bertz CT molecular complexity index is 604. The zero-order chi connectivity index (χ0) is 15.2. The van der Waals surface area contributed by atoms with Crippen molar-refractivity contribution < 1.29 is 4.74 Å². The standard InChI is InChI=1S/C15H19ClN4O/c1-10(2)8-21-12-5-3-4-11(6-12)7-18-15-13(16)14(17)19-9-20-15/h3-6,9-10H,7-8H2,1-2H3,(H3,17,18,19,20). The Morgan fingerprint density at radius 2 is 2.14 bits per heavy atom. The van der Waals surface area contributed by atoms with Gasteiger partial charge in [-0.15, -0.1) is 0 Å². The third-order valence-electron chi connectivity index (χ3n) is 2.76.